The summed E-state index contributed by atoms with van der Waals surface area (Å²) in [5.41, 5.74) is 0. The van der Waals surface area contributed by atoms with Gasteiger partial charge in [0.15, 0.2) is 0 Å². The summed E-state index contributed by atoms with van der Waals surface area (Å²) in [6.07, 6.45) is 3.28. The molecule has 1 aliphatic rings. The van der Waals surface area contributed by atoms with E-state index in [1.54, 1.807) is 4.90 Å². The summed E-state index contributed by atoms with van der Waals surface area (Å²) in [6, 6.07) is 0. The van der Waals surface area contributed by atoms with Gasteiger partial charge in [-0.15, -0.1) is 0 Å². The molecule has 1 rings (SSSR count). The lowest BCUT2D eigenvalue weighted by molar-refractivity contribution is -0.137. The second kappa shape index (κ2) is 8.45. The SMILES string of the molecule is CN(C)CCCN(C)C(=O)COC1CCNCC1. The van der Waals surface area contributed by atoms with Crippen molar-refractivity contribution in [2.45, 2.75) is 25.4 Å². The molecule has 1 amide bonds. The smallest absolute Gasteiger partial charge is 0.248 e. The van der Waals surface area contributed by atoms with Gasteiger partial charge >= 0.3 is 0 Å². The van der Waals surface area contributed by atoms with Crippen LogP contribution in [0.15, 0.2) is 0 Å². The minimum Gasteiger partial charge on any atom is -0.368 e. The van der Waals surface area contributed by atoms with E-state index in [1.165, 1.54) is 0 Å². The van der Waals surface area contributed by atoms with E-state index in [4.69, 9.17) is 4.74 Å². The Morgan fingerprint density at radius 2 is 1.89 bits per heavy atom. The van der Waals surface area contributed by atoms with Gasteiger partial charge in [0.1, 0.15) is 6.61 Å². The van der Waals surface area contributed by atoms with Crippen LogP contribution in [0.3, 0.4) is 0 Å². The summed E-state index contributed by atoms with van der Waals surface area (Å²) in [7, 11) is 5.94. The Balaban J connectivity index is 2.10. The molecule has 0 saturated carbocycles. The zero-order valence-corrected chi connectivity index (χ0v) is 11.9. The summed E-state index contributed by atoms with van der Waals surface area (Å²) in [5.74, 6) is 0.0901. The van der Waals surface area contributed by atoms with Gasteiger partial charge in [-0.1, -0.05) is 0 Å². The third-order valence-corrected chi connectivity index (χ3v) is 3.25. The normalized spacial score (nSPS) is 17.1. The highest BCUT2D eigenvalue weighted by Crippen LogP contribution is 2.07. The second-order valence-electron chi connectivity index (χ2n) is 5.23. The van der Waals surface area contributed by atoms with Gasteiger partial charge in [0.2, 0.25) is 5.91 Å². The molecule has 0 aliphatic carbocycles. The number of amides is 1. The van der Waals surface area contributed by atoms with E-state index in [0.29, 0.717) is 0 Å². The molecule has 5 heteroatoms. The lowest BCUT2D eigenvalue weighted by Gasteiger charge is -2.24. The van der Waals surface area contributed by atoms with Gasteiger partial charge in [0.25, 0.3) is 0 Å². The van der Waals surface area contributed by atoms with Crippen molar-refractivity contribution in [1.82, 2.24) is 15.1 Å². The van der Waals surface area contributed by atoms with Crippen LogP contribution in [-0.4, -0.2) is 75.7 Å². The maximum atomic E-state index is 11.8. The third-order valence-electron chi connectivity index (χ3n) is 3.25. The molecule has 1 saturated heterocycles. The van der Waals surface area contributed by atoms with Crippen LogP contribution in [0.1, 0.15) is 19.3 Å². The standard InChI is InChI=1S/C13H27N3O2/c1-15(2)9-4-10-16(3)13(17)11-18-12-5-7-14-8-6-12/h12,14H,4-11H2,1-3H3. The van der Waals surface area contributed by atoms with Crippen molar-refractivity contribution < 1.29 is 9.53 Å². The Kier molecular flexibility index (Phi) is 7.23. The van der Waals surface area contributed by atoms with Gasteiger partial charge in [0.05, 0.1) is 6.10 Å². The topological polar surface area (TPSA) is 44.8 Å². The molecular weight excluding hydrogens is 230 g/mol. The van der Waals surface area contributed by atoms with E-state index in [1.807, 2.05) is 21.1 Å². The average molecular weight is 257 g/mol. The van der Waals surface area contributed by atoms with Gasteiger partial charge in [-0.3, -0.25) is 4.79 Å². The van der Waals surface area contributed by atoms with Crippen LogP contribution in [0.2, 0.25) is 0 Å². The van der Waals surface area contributed by atoms with Crippen LogP contribution in [-0.2, 0) is 9.53 Å². The Morgan fingerprint density at radius 1 is 1.22 bits per heavy atom. The first-order valence-corrected chi connectivity index (χ1v) is 6.80. The third kappa shape index (κ3) is 6.33. The minimum absolute atomic E-state index is 0.0901. The van der Waals surface area contributed by atoms with Crippen molar-refractivity contribution in [3.63, 3.8) is 0 Å². The van der Waals surface area contributed by atoms with E-state index in [-0.39, 0.29) is 18.6 Å². The van der Waals surface area contributed by atoms with Crippen molar-refractivity contribution in [1.29, 1.82) is 0 Å². The summed E-state index contributed by atoms with van der Waals surface area (Å²) < 4.78 is 5.65. The molecule has 0 atom stereocenters. The van der Waals surface area contributed by atoms with Crippen molar-refractivity contribution in [2.75, 3.05) is 53.9 Å². The molecule has 0 spiro atoms. The molecule has 1 N–H and O–H groups in total. The van der Waals surface area contributed by atoms with Gasteiger partial charge in [-0.25, -0.2) is 0 Å². The first-order valence-electron chi connectivity index (χ1n) is 6.80. The van der Waals surface area contributed by atoms with Crippen LogP contribution in [0.4, 0.5) is 0 Å². The number of nitrogens with one attached hydrogen (secondary N) is 1. The summed E-state index contributed by atoms with van der Waals surface area (Å²) in [4.78, 5) is 15.7. The Morgan fingerprint density at radius 3 is 2.50 bits per heavy atom. The number of carbonyl (C=O) groups is 1. The molecule has 0 aromatic rings. The molecule has 18 heavy (non-hydrogen) atoms. The van der Waals surface area contributed by atoms with E-state index in [9.17, 15) is 4.79 Å². The van der Waals surface area contributed by atoms with Crippen LogP contribution in [0.25, 0.3) is 0 Å². The largest absolute Gasteiger partial charge is 0.368 e. The summed E-state index contributed by atoms with van der Waals surface area (Å²) in [5, 5.41) is 3.28. The number of piperidine rings is 1. The van der Waals surface area contributed by atoms with Gasteiger partial charge in [-0.2, -0.15) is 0 Å². The van der Waals surface area contributed by atoms with E-state index >= 15 is 0 Å². The van der Waals surface area contributed by atoms with Crippen LogP contribution in [0.5, 0.6) is 0 Å². The Bertz CT molecular complexity index is 240. The van der Waals surface area contributed by atoms with Crippen molar-refractivity contribution in [2.24, 2.45) is 0 Å². The molecule has 0 radical (unpaired) electrons. The monoisotopic (exact) mass is 257 g/mol. The van der Waals surface area contributed by atoms with Gasteiger partial charge in [-0.05, 0) is 53.0 Å². The number of hydrogen-bond acceptors (Lipinski definition) is 4. The van der Waals surface area contributed by atoms with E-state index in [0.717, 1.165) is 45.4 Å². The fourth-order valence-electron chi connectivity index (χ4n) is 2.01. The van der Waals surface area contributed by atoms with Crippen LogP contribution in [0, 0.1) is 0 Å². The number of ether oxygens (including phenoxy) is 1. The van der Waals surface area contributed by atoms with Crippen molar-refractivity contribution >= 4 is 5.91 Å². The summed E-state index contributed by atoms with van der Waals surface area (Å²) in [6.45, 7) is 4.03. The Labute approximate surface area is 110 Å². The highest BCUT2D eigenvalue weighted by Gasteiger charge is 2.16. The first kappa shape index (κ1) is 15.4. The highest BCUT2D eigenvalue weighted by molar-refractivity contribution is 5.77. The molecule has 1 aliphatic heterocycles. The number of hydrogen-bond donors (Lipinski definition) is 1. The second-order valence-corrected chi connectivity index (χ2v) is 5.23. The molecule has 5 nitrogen and oxygen atoms in total. The maximum Gasteiger partial charge on any atom is 0.248 e. The quantitative estimate of drug-likeness (QED) is 0.706. The minimum atomic E-state index is 0.0901. The predicted octanol–water partition coefficient (Wildman–Crippen LogP) is 0.165. The lowest BCUT2D eigenvalue weighted by Crippen LogP contribution is -2.37. The fourth-order valence-corrected chi connectivity index (χ4v) is 2.01. The first-order chi connectivity index (χ1) is 8.59. The average Bonchev–Trinajstić information content (AvgIpc) is 2.36. The number of rotatable bonds is 7. The zero-order chi connectivity index (χ0) is 13.4. The number of carbonyl (C=O) groups excluding carboxylic acids is 1. The summed E-state index contributed by atoms with van der Waals surface area (Å²) >= 11 is 0. The maximum absolute atomic E-state index is 11.8. The van der Waals surface area contributed by atoms with Crippen LogP contribution >= 0.6 is 0 Å². The number of nitrogens with zero attached hydrogens (tertiary/aromatic N) is 2. The van der Waals surface area contributed by atoms with Gasteiger partial charge in [0, 0.05) is 13.6 Å². The van der Waals surface area contributed by atoms with Crippen LogP contribution < -0.4 is 5.32 Å². The predicted molar refractivity (Wildman–Crippen MR) is 72.7 cm³/mol. The molecule has 1 fully saturated rings. The van der Waals surface area contributed by atoms with Gasteiger partial charge < -0.3 is 19.9 Å². The van der Waals surface area contributed by atoms with Crippen molar-refractivity contribution in [3.05, 3.63) is 0 Å². The zero-order valence-electron chi connectivity index (χ0n) is 11.9. The number of likely N-dealkylation sites (N-methyl/N-ethyl adjacent to an activating group) is 1. The molecule has 1 heterocycles. The fraction of sp³-hybridized carbons (Fsp3) is 0.923. The molecule has 106 valence electrons. The molecular formula is C13H27N3O2. The molecule has 0 unspecified atom stereocenters. The van der Waals surface area contributed by atoms with E-state index in [2.05, 4.69) is 10.2 Å². The lowest BCUT2D eigenvalue weighted by atomic mass is 10.1. The molecule has 0 aromatic carbocycles. The van der Waals surface area contributed by atoms with E-state index < -0.39 is 0 Å². The molecule has 0 bridgehead atoms. The molecule has 0 aromatic heterocycles. The highest BCUT2D eigenvalue weighted by atomic mass is 16.5. The Hall–Kier alpha value is -0.650. The van der Waals surface area contributed by atoms with Crippen molar-refractivity contribution in [3.8, 4) is 0 Å².